The van der Waals surface area contributed by atoms with Gasteiger partial charge in [-0.3, -0.25) is 9.59 Å². The average molecular weight is 371 g/mol. The van der Waals surface area contributed by atoms with E-state index in [1.807, 2.05) is 54.6 Å². The zero-order chi connectivity index (χ0) is 18.4. The van der Waals surface area contributed by atoms with Crippen LogP contribution in [-0.4, -0.2) is 24.9 Å². The van der Waals surface area contributed by atoms with Crippen molar-refractivity contribution < 1.29 is 9.59 Å². The highest BCUT2D eigenvalue weighted by Gasteiger charge is 2.34. The zero-order valence-corrected chi connectivity index (χ0v) is 15.4. The van der Waals surface area contributed by atoms with Gasteiger partial charge in [-0.05, 0) is 49.1 Å². The van der Waals surface area contributed by atoms with Crippen molar-refractivity contribution in [3.8, 4) is 0 Å². The third-order valence-corrected chi connectivity index (χ3v) is 4.92. The van der Waals surface area contributed by atoms with Crippen LogP contribution in [0.4, 0.5) is 5.69 Å². The van der Waals surface area contributed by atoms with Gasteiger partial charge in [-0.25, -0.2) is 0 Å². The SMILES string of the molecule is O=C(NCCCCc1ccc(Cl)cc1)C1CC(=O)N(c2ccccc2)C1. The van der Waals surface area contributed by atoms with Crippen LogP contribution in [0, 0.1) is 5.92 Å². The number of para-hydroxylation sites is 1. The number of carbonyl (C=O) groups excluding carboxylic acids is 2. The molecule has 0 aromatic heterocycles. The second-order valence-electron chi connectivity index (χ2n) is 6.62. The summed E-state index contributed by atoms with van der Waals surface area (Å²) in [5.41, 5.74) is 2.11. The van der Waals surface area contributed by atoms with Crippen molar-refractivity contribution >= 4 is 29.1 Å². The fourth-order valence-corrected chi connectivity index (χ4v) is 3.33. The first-order valence-electron chi connectivity index (χ1n) is 9.01. The molecular formula is C21H23ClN2O2. The van der Waals surface area contributed by atoms with Crippen LogP contribution in [0.3, 0.4) is 0 Å². The van der Waals surface area contributed by atoms with Gasteiger partial charge in [0, 0.05) is 30.2 Å². The molecule has 3 rings (SSSR count). The molecule has 5 heteroatoms. The predicted molar refractivity (Wildman–Crippen MR) is 104 cm³/mol. The molecule has 136 valence electrons. The Morgan fingerprint density at radius 1 is 1.08 bits per heavy atom. The van der Waals surface area contributed by atoms with E-state index in [-0.39, 0.29) is 24.2 Å². The molecular weight excluding hydrogens is 348 g/mol. The summed E-state index contributed by atoms with van der Waals surface area (Å²) < 4.78 is 0. The highest BCUT2D eigenvalue weighted by molar-refractivity contribution is 6.30. The summed E-state index contributed by atoms with van der Waals surface area (Å²) >= 11 is 5.88. The molecule has 1 fully saturated rings. The number of halogens is 1. The smallest absolute Gasteiger partial charge is 0.227 e. The lowest BCUT2D eigenvalue weighted by molar-refractivity contribution is -0.126. The Bertz CT molecular complexity index is 746. The zero-order valence-electron chi connectivity index (χ0n) is 14.7. The van der Waals surface area contributed by atoms with Crippen molar-refractivity contribution in [3.63, 3.8) is 0 Å². The molecule has 4 nitrogen and oxygen atoms in total. The Hall–Kier alpha value is -2.33. The second-order valence-corrected chi connectivity index (χ2v) is 7.05. The number of nitrogens with one attached hydrogen (secondary N) is 1. The van der Waals surface area contributed by atoms with Gasteiger partial charge < -0.3 is 10.2 Å². The summed E-state index contributed by atoms with van der Waals surface area (Å²) in [5, 5.41) is 3.72. The van der Waals surface area contributed by atoms with Crippen LogP contribution < -0.4 is 10.2 Å². The van der Waals surface area contributed by atoms with Crippen LogP contribution in [0.25, 0.3) is 0 Å². The molecule has 26 heavy (non-hydrogen) atoms. The van der Waals surface area contributed by atoms with Crippen LogP contribution in [0.15, 0.2) is 54.6 Å². The number of benzene rings is 2. The standard InChI is InChI=1S/C21H23ClN2O2/c22-18-11-9-16(10-12-18)6-4-5-13-23-21(26)17-14-20(25)24(15-17)19-7-2-1-3-8-19/h1-3,7-12,17H,4-6,13-15H2,(H,23,26). The van der Waals surface area contributed by atoms with Gasteiger partial charge in [-0.2, -0.15) is 0 Å². The van der Waals surface area contributed by atoms with Crippen molar-refractivity contribution in [2.24, 2.45) is 5.92 Å². The minimum Gasteiger partial charge on any atom is -0.356 e. The Labute approximate surface area is 159 Å². The minimum absolute atomic E-state index is 0.0130. The number of hydrogen-bond donors (Lipinski definition) is 1. The molecule has 0 bridgehead atoms. The van der Waals surface area contributed by atoms with Gasteiger partial charge in [0.15, 0.2) is 0 Å². The van der Waals surface area contributed by atoms with Gasteiger partial charge >= 0.3 is 0 Å². The van der Waals surface area contributed by atoms with Crippen molar-refractivity contribution in [3.05, 3.63) is 65.2 Å². The van der Waals surface area contributed by atoms with E-state index in [9.17, 15) is 9.59 Å². The Balaban J connectivity index is 1.39. The van der Waals surface area contributed by atoms with E-state index in [4.69, 9.17) is 11.6 Å². The second kappa shape index (κ2) is 8.86. The first-order valence-corrected chi connectivity index (χ1v) is 9.39. The number of unbranched alkanes of at least 4 members (excludes halogenated alkanes) is 1. The molecule has 0 spiro atoms. The van der Waals surface area contributed by atoms with E-state index in [2.05, 4.69) is 5.32 Å². The van der Waals surface area contributed by atoms with E-state index < -0.39 is 0 Å². The van der Waals surface area contributed by atoms with Gasteiger partial charge in [0.2, 0.25) is 11.8 Å². The third kappa shape index (κ3) is 4.85. The van der Waals surface area contributed by atoms with Gasteiger partial charge in [0.1, 0.15) is 0 Å². The van der Waals surface area contributed by atoms with Crippen LogP contribution in [0.5, 0.6) is 0 Å². The number of amides is 2. The molecule has 1 atom stereocenters. The number of nitrogens with zero attached hydrogens (tertiary/aromatic N) is 1. The lowest BCUT2D eigenvalue weighted by Gasteiger charge is -2.16. The molecule has 2 amide bonds. The molecule has 1 aliphatic heterocycles. The lowest BCUT2D eigenvalue weighted by Crippen LogP contribution is -2.33. The quantitative estimate of drug-likeness (QED) is 0.753. The predicted octanol–water partition coefficient (Wildman–Crippen LogP) is 3.83. The van der Waals surface area contributed by atoms with Crippen LogP contribution in [-0.2, 0) is 16.0 Å². The minimum atomic E-state index is -0.265. The summed E-state index contributed by atoms with van der Waals surface area (Å²) in [5.74, 6) is -0.277. The van der Waals surface area contributed by atoms with E-state index in [1.165, 1.54) is 5.56 Å². The molecule has 0 aliphatic carbocycles. The first kappa shape index (κ1) is 18.5. The number of rotatable bonds is 7. The highest BCUT2D eigenvalue weighted by Crippen LogP contribution is 2.24. The van der Waals surface area contributed by atoms with Crippen LogP contribution >= 0.6 is 11.6 Å². The van der Waals surface area contributed by atoms with Crippen molar-refractivity contribution in [1.29, 1.82) is 0 Å². The molecule has 1 N–H and O–H groups in total. The van der Waals surface area contributed by atoms with Gasteiger partial charge in [0.05, 0.1) is 5.92 Å². The van der Waals surface area contributed by atoms with E-state index in [1.54, 1.807) is 4.90 Å². The Morgan fingerprint density at radius 3 is 2.54 bits per heavy atom. The monoisotopic (exact) mass is 370 g/mol. The summed E-state index contributed by atoms with van der Waals surface area (Å²) in [7, 11) is 0. The highest BCUT2D eigenvalue weighted by atomic mass is 35.5. The molecule has 0 saturated carbocycles. The van der Waals surface area contributed by atoms with Gasteiger partial charge in [0.25, 0.3) is 0 Å². The van der Waals surface area contributed by atoms with Crippen LogP contribution in [0.1, 0.15) is 24.8 Å². The topological polar surface area (TPSA) is 49.4 Å². The normalized spacial score (nSPS) is 16.7. The molecule has 1 unspecified atom stereocenters. The molecule has 1 heterocycles. The maximum Gasteiger partial charge on any atom is 0.227 e. The molecule has 2 aromatic carbocycles. The lowest BCUT2D eigenvalue weighted by atomic mass is 10.1. The molecule has 1 saturated heterocycles. The maximum absolute atomic E-state index is 12.3. The summed E-state index contributed by atoms with van der Waals surface area (Å²) in [6.45, 7) is 1.10. The number of hydrogen-bond acceptors (Lipinski definition) is 2. The van der Waals surface area contributed by atoms with E-state index >= 15 is 0 Å². The summed E-state index contributed by atoms with van der Waals surface area (Å²) in [6.07, 6.45) is 3.17. The first-order chi connectivity index (χ1) is 12.6. The molecule has 0 radical (unpaired) electrons. The fraction of sp³-hybridized carbons (Fsp3) is 0.333. The fourth-order valence-electron chi connectivity index (χ4n) is 3.20. The van der Waals surface area contributed by atoms with Gasteiger partial charge in [-0.15, -0.1) is 0 Å². The molecule has 2 aromatic rings. The van der Waals surface area contributed by atoms with E-state index in [0.717, 1.165) is 30.0 Å². The van der Waals surface area contributed by atoms with Crippen molar-refractivity contribution in [2.75, 3.05) is 18.0 Å². The molecule has 1 aliphatic rings. The Kier molecular flexibility index (Phi) is 6.29. The van der Waals surface area contributed by atoms with Crippen molar-refractivity contribution in [2.45, 2.75) is 25.7 Å². The average Bonchev–Trinajstić information content (AvgIpc) is 3.05. The van der Waals surface area contributed by atoms with Gasteiger partial charge in [-0.1, -0.05) is 41.9 Å². The number of aryl methyl sites for hydroxylation is 1. The maximum atomic E-state index is 12.3. The largest absolute Gasteiger partial charge is 0.356 e. The summed E-state index contributed by atoms with van der Waals surface area (Å²) in [4.78, 5) is 26.2. The Morgan fingerprint density at radius 2 is 1.81 bits per heavy atom. The summed E-state index contributed by atoms with van der Waals surface area (Å²) in [6, 6.07) is 17.4. The third-order valence-electron chi connectivity index (χ3n) is 4.67. The van der Waals surface area contributed by atoms with Crippen molar-refractivity contribution in [1.82, 2.24) is 5.32 Å². The number of anilines is 1. The van der Waals surface area contributed by atoms with Crippen LogP contribution in [0.2, 0.25) is 5.02 Å². The number of carbonyl (C=O) groups is 2. The van der Waals surface area contributed by atoms with E-state index in [0.29, 0.717) is 13.1 Å².